The first kappa shape index (κ1) is 18.0. The van der Waals surface area contributed by atoms with Crippen LogP contribution in [-0.4, -0.2) is 68.0 Å². The van der Waals surface area contributed by atoms with Crippen LogP contribution in [0.2, 0.25) is 0 Å². The van der Waals surface area contributed by atoms with Crippen molar-refractivity contribution < 1.29 is 14.6 Å². The van der Waals surface area contributed by atoms with Crippen molar-refractivity contribution in [3.05, 3.63) is 23.8 Å². The number of ether oxygens (including phenoxy) is 2. The molecule has 1 heterocycles. The minimum atomic E-state index is -0.0705. The second-order valence-electron chi connectivity index (χ2n) is 6.19. The number of aliphatic hydroxyl groups is 1. The van der Waals surface area contributed by atoms with Crippen LogP contribution in [0.5, 0.6) is 11.5 Å². The molecule has 0 saturated carbocycles. The third kappa shape index (κ3) is 4.16. The quantitative estimate of drug-likeness (QED) is 0.833. The number of piperazine rings is 1. The highest BCUT2D eigenvalue weighted by Crippen LogP contribution is 2.34. The summed E-state index contributed by atoms with van der Waals surface area (Å²) in [7, 11) is 3.33. The highest BCUT2D eigenvalue weighted by molar-refractivity contribution is 5.42. The van der Waals surface area contributed by atoms with Crippen LogP contribution in [0.4, 0.5) is 0 Å². The van der Waals surface area contributed by atoms with Crippen molar-refractivity contribution in [2.75, 3.05) is 47.0 Å². The van der Waals surface area contributed by atoms with Crippen LogP contribution >= 0.6 is 0 Å². The average Bonchev–Trinajstić information content (AvgIpc) is 2.57. The molecule has 2 unspecified atom stereocenters. The predicted molar refractivity (Wildman–Crippen MR) is 92.3 cm³/mol. The molecule has 1 aromatic carbocycles. The Morgan fingerprint density at radius 1 is 1.26 bits per heavy atom. The van der Waals surface area contributed by atoms with Gasteiger partial charge >= 0.3 is 0 Å². The normalized spacial score (nSPS) is 21.2. The first-order valence-corrected chi connectivity index (χ1v) is 8.45. The van der Waals surface area contributed by atoms with E-state index in [0.29, 0.717) is 6.04 Å². The van der Waals surface area contributed by atoms with Crippen molar-refractivity contribution >= 4 is 0 Å². The Hall–Kier alpha value is -1.30. The predicted octanol–water partition coefficient (Wildman–Crippen LogP) is 2.15. The summed E-state index contributed by atoms with van der Waals surface area (Å²) < 4.78 is 10.9. The van der Waals surface area contributed by atoms with Crippen molar-refractivity contribution in [1.29, 1.82) is 0 Å². The maximum Gasteiger partial charge on any atom is 0.124 e. The molecule has 1 aliphatic rings. The molecule has 1 N–H and O–H groups in total. The minimum absolute atomic E-state index is 0.0705. The molecule has 5 nitrogen and oxygen atoms in total. The molecule has 5 heteroatoms. The van der Waals surface area contributed by atoms with E-state index in [2.05, 4.69) is 23.6 Å². The van der Waals surface area contributed by atoms with Gasteiger partial charge in [0.05, 0.1) is 26.9 Å². The summed E-state index contributed by atoms with van der Waals surface area (Å²) in [4.78, 5) is 4.88. The fourth-order valence-corrected chi connectivity index (χ4v) is 3.51. The summed E-state index contributed by atoms with van der Waals surface area (Å²) in [6.45, 7) is 8.70. The molecule has 2 atom stereocenters. The Morgan fingerprint density at radius 2 is 2.04 bits per heavy atom. The van der Waals surface area contributed by atoms with Gasteiger partial charge in [0, 0.05) is 31.2 Å². The standard InChI is InChI=1S/C18H30N2O3/c1-5-8-19-9-10-20(14(2)12-19)17(13-21)16-11-15(22-3)6-7-18(16)23-4/h6-7,11,14,17,21H,5,8-10,12-13H2,1-4H3. The van der Waals surface area contributed by atoms with E-state index in [-0.39, 0.29) is 12.6 Å². The van der Waals surface area contributed by atoms with Gasteiger partial charge in [-0.1, -0.05) is 6.92 Å². The van der Waals surface area contributed by atoms with Crippen LogP contribution in [0.15, 0.2) is 18.2 Å². The maximum absolute atomic E-state index is 10.1. The number of benzene rings is 1. The van der Waals surface area contributed by atoms with Gasteiger partial charge < -0.3 is 19.5 Å². The lowest BCUT2D eigenvalue weighted by molar-refractivity contribution is 0.0243. The first-order chi connectivity index (χ1) is 11.1. The molecule has 1 fully saturated rings. The zero-order valence-corrected chi connectivity index (χ0v) is 14.8. The monoisotopic (exact) mass is 322 g/mol. The molecule has 0 amide bonds. The lowest BCUT2D eigenvalue weighted by Crippen LogP contribution is -2.53. The van der Waals surface area contributed by atoms with E-state index in [1.54, 1.807) is 14.2 Å². The van der Waals surface area contributed by atoms with E-state index in [1.165, 1.54) is 6.42 Å². The molecule has 1 saturated heterocycles. The molecule has 1 aliphatic heterocycles. The fourth-order valence-electron chi connectivity index (χ4n) is 3.51. The summed E-state index contributed by atoms with van der Waals surface area (Å²) >= 11 is 0. The Balaban J connectivity index is 2.22. The van der Waals surface area contributed by atoms with Crippen molar-refractivity contribution in [2.24, 2.45) is 0 Å². The summed E-state index contributed by atoms with van der Waals surface area (Å²) in [5, 5.41) is 10.1. The van der Waals surface area contributed by atoms with Crippen LogP contribution < -0.4 is 9.47 Å². The second-order valence-corrected chi connectivity index (χ2v) is 6.19. The van der Waals surface area contributed by atoms with Crippen LogP contribution in [0.25, 0.3) is 0 Å². The Bertz CT molecular complexity index is 495. The SMILES string of the molecule is CCCN1CCN(C(CO)c2cc(OC)ccc2OC)C(C)C1. The van der Waals surface area contributed by atoms with Gasteiger partial charge in [-0.15, -0.1) is 0 Å². The highest BCUT2D eigenvalue weighted by Gasteiger charge is 2.31. The van der Waals surface area contributed by atoms with Gasteiger partial charge in [0.25, 0.3) is 0 Å². The van der Waals surface area contributed by atoms with Gasteiger partial charge in [0.2, 0.25) is 0 Å². The number of rotatable bonds is 7. The minimum Gasteiger partial charge on any atom is -0.497 e. The van der Waals surface area contributed by atoms with Crippen LogP contribution in [-0.2, 0) is 0 Å². The topological polar surface area (TPSA) is 45.2 Å². The molecule has 1 aromatic rings. The zero-order chi connectivity index (χ0) is 16.8. The summed E-state index contributed by atoms with van der Waals surface area (Å²) in [6.07, 6.45) is 1.18. The van der Waals surface area contributed by atoms with Crippen molar-refractivity contribution in [2.45, 2.75) is 32.4 Å². The van der Waals surface area contributed by atoms with E-state index >= 15 is 0 Å². The molecule has 0 spiro atoms. The molecule has 0 aromatic heterocycles. The van der Waals surface area contributed by atoms with E-state index < -0.39 is 0 Å². The summed E-state index contributed by atoms with van der Waals surface area (Å²) in [5.41, 5.74) is 0.991. The second kappa shape index (κ2) is 8.52. The fraction of sp³-hybridized carbons (Fsp3) is 0.667. The number of hydrogen-bond donors (Lipinski definition) is 1. The van der Waals surface area contributed by atoms with Gasteiger partial charge in [-0.3, -0.25) is 4.90 Å². The van der Waals surface area contributed by atoms with Gasteiger partial charge in [-0.25, -0.2) is 0 Å². The lowest BCUT2D eigenvalue weighted by Gasteiger charge is -2.43. The zero-order valence-electron chi connectivity index (χ0n) is 14.8. The molecule has 23 heavy (non-hydrogen) atoms. The van der Waals surface area contributed by atoms with Gasteiger partial charge in [0.1, 0.15) is 11.5 Å². The number of nitrogens with zero attached hydrogens (tertiary/aromatic N) is 2. The van der Waals surface area contributed by atoms with Gasteiger partial charge in [0.15, 0.2) is 0 Å². The Morgan fingerprint density at radius 3 is 2.61 bits per heavy atom. The van der Waals surface area contributed by atoms with Crippen LogP contribution in [0.1, 0.15) is 31.9 Å². The third-order valence-corrected chi connectivity index (χ3v) is 4.67. The van der Waals surface area contributed by atoms with Crippen molar-refractivity contribution in [3.8, 4) is 11.5 Å². The smallest absolute Gasteiger partial charge is 0.124 e. The Kier molecular flexibility index (Phi) is 6.69. The van der Waals surface area contributed by atoms with E-state index in [4.69, 9.17) is 9.47 Å². The molecule has 0 aliphatic carbocycles. The molecular formula is C18H30N2O3. The molecule has 0 bridgehead atoms. The molecule has 0 radical (unpaired) electrons. The first-order valence-electron chi connectivity index (χ1n) is 8.45. The average molecular weight is 322 g/mol. The Labute approximate surface area is 139 Å². The summed E-state index contributed by atoms with van der Waals surface area (Å²) in [6, 6.07) is 6.10. The molecular weight excluding hydrogens is 292 g/mol. The number of hydrogen-bond acceptors (Lipinski definition) is 5. The van der Waals surface area contributed by atoms with Crippen molar-refractivity contribution in [1.82, 2.24) is 9.80 Å². The van der Waals surface area contributed by atoms with Gasteiger partial charge in [-0.2, -0.15) is 0 Å². The van der Waals surface area contributed by atoms with Crippen molar-refractivity contribution in [3.63, 3.8) is 0 Å². The van der Waals surface area contributed by atoms with E-state index in [1.807, 2.05) is 18.2 Å². The van der Waals surface area contributed by atoms with Crippen LogP contribution in [0.3, 0.4) is 0 Å². The van der Waals surface area contributed by atoms with E-state index in [9.17, 15) is 5.11 Å². The summed E-state index contributed by atoms with van der Waals surface area (Å²) in [5.74, 6) is 1.59. The molecule has 130 valence electrons. The highest BCUT2D eigenvalue weighted by atomic mass is 16.5. The number of methoxy groups -OCH3 is 2. The van der Waals surface area contributed by atoms with Crippen LogP contribution in [0, 0.1) is 0 Å². The van der Waals surface area contributed by atoms with E-state index in [0.717, 1.165) is 43.2 Å². The molecule has 2 rings (SSSR count). The third-order valence-electron chi connectivity index (χ3n) is 4.67. The van der Waals surface area contributed by atoms with Gasteiger partial charge in [-0.05, 0) is 38.1 Å². The largest absolute Gasteiger partial charge is 0.497 e. The lowest BCUT2D eigenvalue weighted by atomic mass is 10.0. The maximum atomic E-state index is 10.1. The number of aliphatic hydroxyl groups excluding tert-OH is 1.